The van der Waals surface area contributed by atoms with E-state index in [9.17, 15) is 4.79 Å². The minimum Gasteiger partial charge on any atom is -0.345 e. The molecule has 0 saturated carbocycles. The highest BCUT2D eigenvalue weighted by molar-refractivity contribution is 6.62. The molecule has 16 heavy (non-hydrogen) atoms. The number of nitrogens with one attached hydrogen (secondary N) is 1. The number of hydrogen-bond donors (Lipinski definition) is 1. The summed E-state index contributed by atoms with van der Waals surface area (Å²) in [6, 6.07) is 6.01. The van der Waals surface area contributed by atoms with Gasteiger partial charge in [0.05, 0.1) is 17.4 Å². The molecule has 84 valence electrons. The van der Waals surface area contributed by atoms with Gasteiger partial charge in [-0.1, -0.05) is 6.07 Å². The van der Waals surface area contributed by atoms with Crippen molar-refractivity contribution in [1.82, 2.24) is 14.9 Å². The molecule has 5 heteroatoms. The summed E-state index contributed by atoms with van der Waals surface area (Å²) in [6.45, 7) is 0.613. The molecule has 0 aliphatic rings. The number of halogens is 1. The van der Waals surface area contributed by atoms with Gasteiger partial charge in [-0.05, 0) is 35.7 Å². The number of rotatable bonds is 3. The molecular weight excluding hydrogens is 226 g/mol. The highest BCUT2D eigenvalue weighted by Crippen LogP contribution is 2.12. The molecule has 1 amide bonds. The van der Waals surface area contributed by atoms with Crippen LogP contribution in [0.15, 0.2) is 24.5 Å². The van der Waals surface area contributed by atoms with Crippen molar-refractivity contribution in [2.24, 2.45) is 0 Å². The zero-order chi connectivity index (χ0) is 11.5. The molecule has 0 radical (unpaired) electrons. The van der Waals surface area contributed by atoms with Crippen LogP contribution < -0.4 is 0 Å². The molecule has 1 heterocycles. The van der Waals surface area contributed by atoms with Gasteiger partial charge in [-0.25, -0.2) is 4.98 Å². The normalized spacial score (nSPS) is 10.6. The average Bonchev–Trinajstić information content (AvgIpc) is 2.72. The van der Waals surface area contributed by atoms with Crippen LogP contribution in [-0.2, 0) is 6.42 Å². The van der Waals surface area contributed by atoms with Gasteiger partial charge in [0.1, 0.15) is 0 Å². The fraction of sp³-hybridized carbons (Fsp3) is 0.273. The Balaban J connectivity index is 2.06. The fourth-order valence-electron chi connectivity index (χ4n) is 1.52. The van der Waals surface area contributed by atoms with Crippen LogP contribution in [0.25, 0.3) is 11.0 Å². The van der Waals surface area contributed by atoms with Crippen molar-refractivity contribution in [2.45, 2.75) is 6.42 Å². The number of carbonyl (C=O) groups is 1. The first-order chi connectivity index (χ1) is 7.66. The van der Waals surface area contributed by atoms with E-state index in [1.807, 2.05) is 18.2 Å². The van der Waals surface area contributed by atoms with Gasteiger partial charge in [0.15, 0.2) is 0 Å². The monoisotopic (exact) mass is 237 g/mol. The van der Waals surface area contributed by atoms with Crippen LogP contribution in [0, 0.1) is 0 Å². The fourth-order valence-corrected chi connectivity index (χ4v) is 1.61. The largest absolute Gasteiger partial charge is 0.345 e. The van der Waals surface area contributed by atoms with Crippen LogP contribution in [0.1, 0.15) is 5.56 Å². The molecular formula is C11H12ClN3O. The molecule has 0 fully saturated rings. The minimum absolute atomic E-state index is 0.428. The van der Waals surface area contributed by atoms with Crippen molar-refractivity contribution >= 4 is 28.0 Å². The maximum Gasteiger partial charge on any atom is 0.316 e. The third-order valence-electron chi connectivity index (χ3n) is 2.52. The highest BCUT2D eigenvalue weighted by Gasteiger charge is 2.05. The van der Waals surface area contributed by atoms with Crippen molar-refractivity contribution < 1.29 is 4.79 Å². The van der Waals surface area contributed by atoms with Gasteiger partial charge in [0.25, 0.3) is 0 Å². The standard InChI is InChI=1S/C11H12ClN3O/c1-15(11(12)16)5-4-8-2-3-9-10(6-8)14-7-13-9/h2-3,6-7H,4-5H2,1H3,(H,13,14). The number of hydrogen-bond acceptors (Lipinski definition) is 2. The van der Waals surface area contributed by atoms with Gasteiger partial charge in [-0.3, -0.25) is 4.79 Å². The Labute approximate surface area is 98.2 Å². The third-order valence-corrected chi connectivity index (χ3v) is 2.81. The number of likely N-dealkylation sites (N-methyl/N-ethyl adjacent to an activating group) is 1. The van der Waals surface area contributed by atoms with Crippen LogP contribution in [0.5, 0.6) is 0 Å². The van der Waals surface area contributed by atoms with Gasteiger partial charge in [0, 0.05) is 13.6 Å². The summed E-state index contributed by atoms with van der Waals surface area (Å²) in [5, 5.41) is -0.428. The first-order valence-corrected chi connectivity index (χ1v) is 5.37. The van der Waals surface area contributed by atoms with Gasteiger partial charge in [0.2, 0.25) is 0 Å². The predicted molar refractivity (Wildman–Crippen MR) is 63.7 cm³/mol. The summed E-state index contributed by atoms with van der Waals surface area (Å²) in [5.41, 5.74) is 3.12. The van der Waals surface area contributed by atoms with Gasteiger partial charge in [-0.2, -0.15) is 0 Å². The van der Waals surface area contributed by atoms with Crippen molar-refractivity contribution in [2.75, 3.05) is 13.6 Å². The Morgan fingerprint density at radius 1 is 1.56 bits per heavy atom. The zero-order valence-corrected chi connectivity index (χ0v) is 9.66. The van der Waals surface area contributed by atoms with Gasteiger partial charge in [-0.15, -0.1) is 0 Å². The quantitative estimate of drug-likeness (QED) is 0.658. The van der Waals surface area contributed by atoms with E-state index < -0.39 is 5.37 Å². The number of amides is 1. The van der Waals surface area contributed by atoms with E-state index in [0.29, 0.717) is 6.54 Å². The first kappa shape index (κ1) is 11.0. The molecule has 0 saturated heterocycles. The minimum atomic E-state index is -0.428. The Hall–Kier alpha value is -1.55. The number of nitrogens with zero attached hydrogens (tertiary/aromatic N) is 2. The van der Waals surface area contributed by atoms with Crippen LogP contribution in [0.3, 0.4) is 0 Å². The van der Waals surface area contributed by atoms with E-state index in [-0.39, 0.29) is 0 Å². The summed E-state index contributed by atoms with van der Waals surface area (Å²) >= 11 is 5.34. The molecule has 0 aliphatic carbocycles. The Morgan fingerprint density at radius 2 is 2.38 bits per heavy atom. The molecule has 0 spiro atoms. The van der Waals surface area contributed by atoms with E-state index in [1.54, 1.807) is 13.4 Å². The van der Waals surface area contributed by atoms with Crippen LogP contribution in [0.4, 0.5) is 4.79 Å². The molecule has 4 nitrogen and oxygen atoms in total. The van der Waals surface area contributed by atoms with Crippen LogP contribution >= 0.6 is 11.6 Å². The molecule has 1 N–H and O–H groups in total. The number of benzene rings is 1. The van der Waals surface area contributed by atoms with E-state index in [4.69, 9.17) is 11.6 Å². The maximum absolute atomic E-state index is 10.8. The predicted octanol–water partition coefficient (Wildman–Crippen LogP) is 2.40. The number of imidazole rings is 1. The van der Waals surface area contributed by atoms with Gasteiger partial charge < -0.3 is 9.88 Å². The van der Waals surface area contributed by atoms with Crippen molar-refractivity contribution in [3.8, 4) is 0 Å². The molecule has 1 aromatic carbocycles. The van der Waals surface area contributed by atoms with Crippen LogP contribution in [-0.4, -0.2) is 33.8 Å². The number of aromatic amines is 1. The van der Waals surface area contributed by atoms with Gasteiger partial charge >= 0.3 is 5.37 Å². The van der Waals surface area contributed by atoms with E-state index in [2.05, 4.69) is 9.97 Å². The lowest BCUT2D eigenvalue weighted by Gasteiger charge is -2.12. The molecule has 2 rings (SSSR count). The summed E-state index contributed by atoms with van der Waals surface area (Å²) in [5.74, 6) is 0. The van der Waals surface area contributed by atoms with Crippen molar-refractivity contribution in [1.29, 1.82) is 0 Å². The van der Waals surface area contributed by atoms with E-state index >= 15 is 0 Å². The summed E-state index contributed by atoms with van der Waals surface area (Å²) in [6.07, 6.45) is 2.45. The van der Waals surface area contributed by atoms with E-state index in [0.717, 1.165) is 23.0 Å². The lowest BCUT2D eigenvalue weighted by Crippen LogP contribution is -2.23. The SMILES string of the molecule is CN(CCc1ccc2nc[nH]c2c1)C(=O)Cl. The second-order valence-electron chi connectivity index (χ2n) is 3.68. The highest BCUT2D eigenvalue weighted by atomic mass is 35.5. The van der Waals surface area contributed by atoms with Crippen molar-refractivity contribution in [3.63, 3.8) is 0 Å². The van der Waals surface area contributed by atoms with Crippen LogP contribution in [0.2, 0.25) is 0 Å². The smallest absolute Gasteiger partial charge is 0.316 e. The second-order valence-corrected chi connectivity index (χ2v) is 4.00. The summed E-state index contributed by atoms with van der Waals surface area (Å²) in [4.78, 5) is 19.5. The van der Waals surface area contributed by atoms with Crippen molar-refractivity contribution in [3.05, 3.63) is 30.1 Å². The summed E-state index contributed by atoms with van der Waals surface area (Å²) in [7, 11) is 1.68. The lowest BCUT2D eigenvalue weighted by atomic mass is 10.1. The molecule has 2 aromatic rings. The lowest BCUT2D eigenvalue weighted by molar-refractivity contribution is 0.232. The number of fused-ring (bicyclic) bond motifs is 1. The molecule has 0 bridgehead atoms. The Bertz CT molecular complexity index is 509. The number of H-pyrrole nitrogens is 1. The first-order valence-electron chi connectivity index (χ1n) is 4.99. The van der Waals surface area contributed by atoms with E-state index in [1.165, 1.54) is 4.90 Å². The Morgan fingerprint density at radius 3 is 3.12 bits per heavy atom. The molecule has 1 aromatic heterocycles. The molecule has 0 atom stereocenters. The molecule has 0 unspecified atom stereocenters. The Kier molecular flexibility index (Phi) is 3.10. The maximum atomic E-state index is 10.8. The topological polar surface area (TPSA) is 49.0 Å². The second kappa shape index (κ2) is 4.53. The summed E-state index contributed by atoms with van der Waals surface area (Å²) < 4.78 is 0. The number of carbonyl (C=O) groups excluding carboxylic acids is 1. The average molecular weight is 238 g/mol. The molecule has 0 aliphatic heterocycles. The third kappa shape index (κ3) is 2.33. The number of aromatic nitrogens is 2. The zero-order valence-electron chi connectivity index (χ0n) is 8.90.